The highest BCUT2D eigenvalue weighted by molar-refractivity contribution is 5.89. The molecule has 1 aliphatic rings. The third kappa shape index (κ3) is 2.72. The van der Waals surface area contributed by atoms with E-state index in [9.17, 15) is 9.18 Å². The molecule has 0 bridgehead atoms. The third-order valence-corrected chi connectivity index (χ3v) is 2.81. The molecular formula is C12H15FN2O. The van der Waals surface area contributed by atoms with Gasteiger partial charge in [0.2, 0.25) is 0 Å². The van der Waals surface area contributed by atoms with Crippen molar-refractivity contribution in [3.05, 3.63) is 30.1 Å². The predicted molar refractivity (Wildman–Crippen MR) is 60.8 cm³/mol. The lowest BCUT2D eigenvalue weighted by Gasteiger charge is -2.13. The third-order valence-electron chi connectivity index (χ3n) is 2.81. The number of para-hydroxylation sites is 1. The zero-order valence-corrected chi connectivity index (χ0v) is 9.00. The number of rotatable bonds is 2. The van der Waals surface area contributed by atoms with Crippen LogP contribution in [0.15, 0.2) is 24.3 Å². The number of anilines is 1. The molecule has 0 spiro atoms. The summed E-state index contributed by atoms with van der Waals surface area (Å²) in [4.78, 5) is 11.5. The van der Waals surface area contributed by atoms with Crippen molar-refractivity contribution in [1.82, 2.24) is 5.32 Å². The summed E-state index contributed by atoms with van der Waals surface area (Å²) >= 11 is 0. The molecule has 1 fully saturated rings. The monoisotopic (exact) mass is 222 g/mol. The molecule has 16 heavy (non-hydrogen) atoms. The van der Waals surface area contributed by atoms with Crippen LogP contribution in [-0.4, -0.2) is 12.1 Å². The Balaban J connectivity index is 1.89. The molecule has 86 valence electrons. The van der Waals surface area contributed by atoms with Crippen LogP contribution in [0.4, 0.5) is 14.9 Å². The van der Waals surface area contributed by atoms with Gasteiger partial charge in [-0.1, -0.05) is 25.0 Å². The van der Waals surface area contributed by atoms with Crippen molar-refractivity contribution in [3.63, 3.8) is 0 Å². The van der Waals surface area contributed by atoms with Crippen LogP contribution < -0.4 is 10.6 Å². The molecule has 1 aliphatic carbocycles. The van der Waals surface area contributed by atoms with E-state index in [1.807, 2.05) is 0 Å². The molecule has 1 aromatic carbocycles. The van der Waals surface area contributed by atoms with E-state index >= 15 is 0 Å². The fourth-order valence-corrected chi connectivity index (χ4v) is 1.98. The Hall–Kier alpha value is -1.58. The molecule has 3 nitrogen and oxygen atoms in total. The lowest BCUT2D eigenvalue weighted by atomic mass is 10.2. The van der Waals surface area contributed by atoms with Gasteiger partial charge in [0.1, 0.15) is 5.82 Å². The fraction of sp³-hybridized carbons (Fsp3) is 0.417. The molecule has 0 aromatic heterocycles. The molecule has 0 unspecified atom stereocenters. The number of carbonyl (C=O) groups is 1. The largest absolute Gasteiger partial charge is 0.335 e. The van der Waals surface area contributed by atoms with Crippen LogP contribution in [0.3, 0.4) is 0 Å². The second-order valence-corrected chi connectivity index (χ2v) is 4.06. The van der Waals surface area contributed by atoms with E-state index in [-0.39, 0.29) is 17.8 Å². The minimum atomic E-state index is -0.413. The Kier molecular flexibility index (Phi) is 3.39. The van der Waals surface area contributed by atoms with E-state index in [1.165, 1.54) is 6.07 Å². The summed E-state index contributed by atoms with van der Waals surface area (Å²) in [5.74, 6) is -0.413. The summed E-state index contributed by atoms with van der Waals surface area (Å²) in [6.07, 6.45) is 4.35. The SMILES string of the molecule is O=C(Nc1ccccc1F)NC1CCCC1. The lowest BCUT2D eigenvalue weighted by Crippen LogP contribution is -2.36. The van der Waals surface area contributed by atoms with E-state index in [0.29, 0.717) is 0 Å². The maximum Gasteiger partial charge on any atom is 0.319 e. The minimum absolute atomic E-state index is 0.220. The average molecular weight is 222 g/mol. The van der Waals surface area contributed by atoms with Gasteiger partial charge in [-0.05, 0) is 25.0 Å². The Morgan fingerprint density at radius 2 is 1.94 bits per heavy atom. The highest BCUT2D eigenvalue weighted by Crippen LogP contribution is 2.18. The molecule has 2 N–H and O–H groups in total. The maximum atomic E-state index is 13.2. The van der Waals surface area contributed by atoms with Gasteiger partial charge in [0, 0.05) is 6.04 Å². The van der Waals surface area contributed by atoms with Crippen molar-refractivity contribution in [3.8, 4) is 0 Å². The molecule has 1 aromatic rings. The number of hydrogen-bond acceptors (Lipinski definition) is 1. The van der Waals surface area contributed by atoms with Crippen LogP contribution in [0.1, 0.15) is 25.7 Å². The van der Waals surface area contributed by atoms with Crippen molar-refractivity contribution >= 4 is 11.7 Å². The minimum Gasteiger partial charge on any atom is -0.335 e. The van der Waals surface area contributed by atoms with Gasteiger partial charge in [0.25, 0.3) is 0 Å². The van der Waals surface area contributed by atoms with Crippen LogP contribution in [0.2, 0.25) is 0 Å². The second kappa shape index (κ2) is 4.96. The molecule has 0 radical (unpaired) electrons. The lowest BCUT2D eigenvalue weighted by molar-refractivity contribution is 0.248. The topological polar surface area (TPSA) is 41.1 Å². The van der Waals surface area contributed by atoms with Crippen LogP contribution in [-0.2, 0) is 0 Å². The molecule has 2 amide bonds. The van der Waals surface area contributed by atoms with Crippen LogP contribution in [0.25, 0.3) is 0 Å². The highest BCUT2D eigenvalue weighted by Gasteiger charge is 2.17. The Morgan fingerprint density at radius 3 is 2.62 bits per heavy atom. The van der Waals surface area contributed by atoms with E-state index < -0.39 is 5.82 Å². The first-order valence-electron chi connectivity index (χ1n) is 5.58. The first kappa shape index (κ1) is 10.9. The summed E-state index contributed by atoms with van der Waals surface area (Å²) < 4.78 is 13.2. The van der Waals surface area contributed by atoms with Crippen LogP contribution in [0.5, 0.6) is 0 Å². The zero-order valence-electron chi connectivity index (χ0n) is 9.00. The number of amides is 2. The van der Waals surface area contributed by atoms with Gasteiger partial charge < -0.3 is 10.6 Å². The van der Waals surface area contributed by atoms with Gasteiger partial charge >= 0.3 is 6.03 Å². The number of hydrogen-bond donors (Lipinski definition) is 2. The molecular weight excluding hydrogens is 207 g/mol. The van der Waals surface area contributed by atoms with E-state index in [0.717, 1.165) is 25.7 Å². The average Bonchev–Trinajstić information content (AvgIpc) is 2.74. The summed E-state index contributed by atoms with van der Waals surface area (Å²) in [5.41, 5.74) is 0.220. The van der Waals surface area contributed by atoms with Gasteiger partial charge in [0.15, 0.2) is 0 Å². The Morgan fingerprint density at radius 1 is 1.25 bits per heavy atom. The maximum absolute atomic E-state index is 13.2. The molecule has 0 aliphatic heterocycles. The number of carbonyl (C=O) groups excluding carboxylic acids is 1. The van der Waals surface area contributed by atoms with Gasteiger partial charge in [-0.2, -0.15) is 0 Å². The van der Waals surface area contributed by atoms with Crippen molar-refractivity contribution in [2.24, 2.45) is 0 Å². The van der Waals surface area contributed by atoms with Crippen molar-refractivity contribution in [1.29, 1.82) is 0 Å². The quantitative estimate of drug-likeness (QED) is 0.793. The van der Waals surface area contributed by atoms with Crippen LogP contribution in [0, 0.1) is 5.82 Å². The van der Waals surface area contributed by atoms with Gasteiger partial charge in [-0.25, -0.2) is 9.18 Å². The summed E-state index contributed by atoms with van der Waals surface area (Å²) in [6, 6.07) is 6.07. The number of halogens is 1. The standard InChI is InChI=1S/C12H15FN2O/c13-10-7-3-4-8-11(10)15-12(16)14-9-5-1-2-6-9/h3-4,7-9H,1-2,5-6H2,(H2,14,15,16). The molecule has 0 heterocycles. The predicted octanol–water partition coefficient (Wildman–Crippen LogP) is 2.89. The van der Waals surface area contributed by atoms with Gasteiger partial charge in [0.05, 0.1) is 5.69 Å². The molecule has 0 saturated heterocycles. The van der Waals surface area contributed by atoms with Gasteiger partial charge in [-0.3, -0.25) is 0 Å². The number of urea groups is 1. The van der Waals surface area contributed by atoms with Gasteiger partial charge in [-0.15, -0.1) is 0 Å². The van der Waals surface area contributed by atoms with Crippen molar-refractivity contribution < 1.29 is 9.18 Å². The fourth-order valence-electron chi connectivity index (χ4n) is 1.98. The summed E-state index contributed by atoms with van der Waals surface area (Å²) in [6.45, 7) is 0. The number of benzene rings is 1. The highest BCUT2D eigenvalue weighted by atomic mass is 19.1. The molecule has 1 saturated carbocycles. The van der Waals surface area contributed by atoms with E-state index in [2.05, 4.69) is 10.6 Å². The first-order valence-corrected chi connectivity index (χ1v) is 5.58. The Bertz CT molecular complexity index is 375. The van der Waals surface area contributed by atoms with Crippen molar-refractivity contribution in [2.45, 2.75) is 31.7 Å². The normalized spacial score (nSPS) is 16.1. The first-order chi connectivity index (χ1) is 7.75. The number of nitrogens with one attached hydrogen (secondary N) is 2. The molecule has 4 heteroatoms. The smallest absolute Gasteiger partial charge is 0.319 e. The van der Waals surface area contributed by atoms with Crippen LogP contribution >= 0.6 is 0 Å². The van der Waals surface area contributed by atoms with E-state index in [1.54, 1.807) is 18.2 Å². The van der Waals surface area contributed by atoms with Crippen molar-refractivity contribution in [2.75, 3.05) is 5.32 Å². The summed E-state index contributed by atoms with van der Waals surface area (Å²) in [5, 5.41) is 5.35. The Labute approximate surface area is 94.0 Å². The summed E-state index contributed by atoms with van der Waals surface area (Å²) in [7, 11) is 0. The second-order valence-electron chi connectivity index (χ2n) is 4.06. The van der Waals surface area contributed by atoms with E-state index in [4.69, 9.17) is 0 Å². The molecule has 2 rings (SSSR count). The molecule has 0 atom stereocenters. The zero-order chi connectivity index (χ0) is 11.4.